The smallest absolute Gasteiger partial charge is 0.408 e. The summed E-state index contributed by atoms with van der Waals surface area (Å²) in [5.74, 6) is 0.388. The molecule has 30 heavy (non-hydrogen) atoms. The minimum Gasteiger partial charge on any atom is -0.408 e. The van der Waals surface area contributed by atoms with Crippen molar-refractivity contribution in [2.75, 3.05) is 10.6 Å². The molecule has 10 heteroatoms. The largest absolute Gasteiger partial charge is 0.419 e. The van der Waals surface area contributed by atoms with E-state index in [1.54, 1.807) is 30.5 Å². The number of aromatic nitrogens is 5. The Morgan fingerprint density at radius 1 is 0.933 bits per heavy atom. The second-order valence-electron chi connectivity index (χ2n) is 6.41. The number of hydrogen-bond acceptors (Lipinski definition) is 5. The van der Waals surface area contributed by atoms with Gasteiger partial charge in [-0.2, -0.15) is 0 Å². The summed E-state index contributed by atoms with van der Waals surface area (Å²) in [6, 6.07) is 14.4. The van der Waals surface area contributed by atoms with Crippen molar-refractivity contribution in [3.63, 3.8) is 0 Å². The van der Waals surface area contributed by atoms with E-state index in [-0.39, 0.29) is 23.6 Å². The SMILES string of the molecule is O=C(Nc1ncc[nH]1)Oc1cccc2[nH]c(NC(=O)c3cc4ccccc4[nH]3)nc12. The minimum atomic E-state index is -0.718. The molecule has 3 aromatic heterocycles. The van der Waals surface area contributed by atoms with E-state index in [9.17, 15) is 9.59 Å². The van der Waals surface area contributed by atoms with Gasteiger partial charge >= 0.3 is 6.09 Å². The molecule has 0 saturated carbocycles. The summed E-state index contributed by atoms with van der Waals surface area (Å²) in [5.41, 5.74) is 2.28. The highest BCUT2D eigenvalue weighted by atomic mass is 16.6. The lowest BCUT2D eigenvalue weighted by atomic mass is 10.2. The highest BCUT2D eigenvalue weighted by molar-refractivity contribution is 6.05. The van der Waals surface area contributed by atoms with Gasteiger partial charge in [0.05, 0.1) is 5.52 Å². The van der Waals surface area contributed by atoms with E-state index in [1.165, 1.54) is 6.20 Å². The van der Waals surface area contributed by atoms with Crippen LogP contribution in [-0.2, 0) is 0 Å². The van der Waals surface area contributed by atoms with E-state index in [0.29, 0.717) is 16.7 Å². The first-order valence-electron chi connectivity index (χ1n) is 9.02. The molecule has 148 valence electrons. The number of anilines is 2. The molecular weight excluding hydrogens is 386 g/mol. The van der Waals surface area contributed by atoms with Crippen LogP contribution >= 0.6 is 0 Å². The van der Waals surface area contributed by atoms with Crippen molar-refractivity contribution < 1.29 is 14.3 Å². The number of imidazole rings is 2. The van der Waals surface area contributed by atoms with Gasteiger partial charge in [0.15, 0.2) is 5.75 Å². The van der Waals surface area contributed by atoms with Gasteiger partial charge in [-0.25, -0.2) is 14.8 Å². The summed E-state index contributed by atoms with van der Waals surface area (Å²) in [6.07, 6.45) is 2.36. The average Bonchev–Trinajstić information content (AvgIpc) is 3.47. The van der Waals surface area contributed by atoms with Gasteiger partial charge in [-0.1, -0.05) is 24.3 Å². The molecule has 5 rings (SSSR count). The molecule has 2 amide bonds. The van der Waals surface area contributed by atoms with Gasteiger partial charge in [-0.3, -0.25) is 15.4 Å². The Bertz CT molecular complexity index is 1330. The first-order chi connectivity index (χ1) is 14.7. The molecule has 0 fully saturated rings. The number of nitrogens with one attached hydrogen (secondary N) is 5. The summed E-state index contributed by atoms with van der Waals surface area (Å²) in [6.45, 7) is 0. The van der Waals surface area contributed by atoms with Crippen LogP contribution in [0.25, 0.3) is 21.9 Å². The van der Waals surface area contributed by atoms with Crippen LogP contribution in [-0.4, -0.2) is 36.9 Å². The molecule has 3 heterocycles. The van der Waals surface area contributed by atoms with Crippen LogP contribution in [0.5, 0.6) is 5.75 Å². The van der Waals surface area contributed by atoms with E-state index in [4.69, 9.17) is 4.74 Å². The molecule has 0 atom stereocenters. The Balaban J connectivity index is 1.36. The molecule has 0 bridgehead atoms. The van der Waals surface area contributed by atoms with E-state index in [1.807, 2.05) is 24.3 Å². The fourth-order valence-corrected chi connectivity index (χ4v) is 3.07. The topological polar surface area (TPSA) is 141 Å². The number of aromatic amines is 3. The van der Waals surface area contributed by atoms with E-state index >= 15 is 0 Å². The van der Waals surface area contributed by atoms with Gasteiger partial charge in [0.1, 0.15) is 11.2 Å². The summed E-state index contributed by atoms with van der Waals surface area (Å²) in [5, 5.41) is 6.12. The van der Waals surface area contributed by atoms with Crippen molar-refractivity contribution in [1.82, 2.24) is 24.9 Å². The fraction of sp³-hybridized carbons (Fsp3) is 0. The molecule has 0 radical (unpaired) electrons. The van der Waals surface area contributed by atoms with Crippen LogP contribution in [0, 0.1) is 0 Å². The maximum absolute atomic E-state index is 12.6. The van der Waals surface area contributed by atoms with Crippen LogP contribution in [0.15, 0.2) is 60.9 Å². The third-order valence-electron chi connectivity index (χ3n) is 4.40. The number of para-hydroxylation sites is 2. The van der Waals surface area contributed by atoms with Crippen molar-refractivity contribution in [2.45, 2.75) is 0 Å². The standard InChI is InChI=1S/C20H15N7O3/c28-17(14-10-11-4-1-2-5-12(11)23-14)26-19-24-13-6-3-7-15(16(13)25-19)30-20(29)27-18-21-8-9-22-18/h1-10,23H,(H2,21,22,27,29)(H2,24,25,26,28). The number of H-pyrrole nitrogens is 3. The zero-order chi connectivity index (χ0) is 20.5. The zero-order valence-corrected chi connectivity index (χ0v) is 15.4. The van der Waals surface area contributed by atoms with Gasteiger partial charge < -0.3 is 19.7 Å². The molecule has 0 aliphatic rings. The quantitative estimate of drug-likeness (QED) is 0.313. The minimum absolute atomic E-state index is 0.233. The van der Waals surface area contributed by atoms with Gasteiger partial charge in [0, 0.05) is 23.3 Å². The van der Waals surface area contributed by atoms with Crippen molar-refractivity contribution in [1.29, 1.82) is 0 Å². The maximum atomic E-state index is 12.6. The molecule has 0 saturated heterocycles. The van der Waals surface area contributed by atoms with Gasteiger partial charge in [-0.05, 0) is 24.3 Å². The molecule has 5 aromatic rings. The Kier molecular flexibility index (Phi) is 4.14. The first kappa shape index (κ1) is 17.5. The normalized spacial score (nSPS) is 10.9. The average molecular weight is 401 g/mol. The molecule has 0 unspecified atom stereocenters. The first-order valence-corrected chi connectivity index (χ1v) is 9.02. The third kappa shape index (κ3) is 3.33. The molecule has 5 N–H and O–H groups in total. The predicted octanol–water partition coefficient (Wildman–Crippen LogP) is 3.63. The third-order valence-corrected chi connectivity index (χ3v) is 4.40. The van der Waals surface area contributed by atoms with E-state index in [2.05, 4.69) is 35.6 Å². The van der Waals surface area contributed by atoms with Crippen LogP contribution in [0.3, 0.4) is 0 Å². The van der Waals surface area contributed by atoms with Crippen LogP contribution in [0.1, 0.15) is 10.5 Å². The van der Waals surface area contributed by atoms with Gasteiger partial charge in [-0.15, -0.1) is 0 Å². The van der Waals surface area contributed by atoms with E-state index in [0.717, 1.165) is 10.9 Å². The van der Waals surface area contributed by atoms with Crippen molar-refractivity contribution in [3.8, 4) is 5.75 Å². The monoisotopic (exact) mass is 401 g/mol. The van der Waals surface area contributed by atoms with Crippen molar-refractivity contribution >= 4 is 45.8 Å². The molecule has 10 nitrogen and oxygen atoms in total. The zero-order valence-electron chi connectivity index (χ0n) is 15.4. The van der Waals surface area contributed by atoms with Crippen molar-refractivity contribution in [3.05, 3.63) is 66.6 Å². The number of carbonyl (C=O) groups is 2. The Labute approximate surface area is 168 Å². The second-order valence-corrected chi connectivity index (χ2v) is 6.41. The number of carbonyl (C=O) groups excluding carboxylic acids is 2. The number of hydrogen-bond donors (Lipinski definition) is 5. The van der Waals surface area contributed by atoms with Crippen LogP contribution in [0.2, 0.25) is 0 Å². The summed E-state index contributed by atoms with van der Waals surface area (Å²) in [4.78, 5) is 41.7. The number of rotatable bonds is 4. The summed E-state index contributed by atoms with van der Waals surface area (Å²) >= 11 is 0. The van der Waals surface area contributed by atoms with Crippen molar-refractivity contribution in [2.24, 2.45) is 0 Å². The highest BCUT2D eigenvalue weighted by Crippen LogP contribution is 2.25. The Morgan fingerprint density at radius 3 is 2.63 bits per heavy atom. The van der Waals surface area contributed by atoms with Crippen LogP contribution in [0.4, 0.5) is 16.7 Å². The lowest BCUT2D eigenvalue weighted by Gasteiger charge is -2.04. The fourth-order valence-electron chi connectivity index (χ4n) is 3.07. The molecule has 0 spiro atoms. The maximum Gasteiger partial charge on any atom is 0.419 e. The highest BCUT2D eigenvalue weighted by Gasteiger charge is 2.15. The Morgan fingerprint density at radius 2 is 1.80 bits per heavy atom. The second kappa shape index (κ2) is 7.09. The molecule has 0 aliphatic heterocycles. The number of amides is 2. The predicted molar refractivity (Wildman–Crippen MR) is 111 cm³/mol. The van der Waals surface area contributed by atoms with Crippen LogP contribution < -0.4 is 15.4 Å². The summed E-state index contributed by atoms with van der Waals surface area (Å²) < 4.78 is 5.33. The number of benzene rings is 2. The van der Waals surface area contributed by atoms with Gasteiger partial charge in [0.25, 0.3) is 5.91 Å². The number of fused-ring (bicyclic) bond motifs is 2. The molecule has 2 aromatic carbocycles. The number of nitrogens with zero attached hydrogens (tertiary/aromatic N) is 2. The molecule has 0 aliphatic carbocycles. The lowest BCUT2D eigenvalue weighted by molar-refractivity contribution is 0.102. The van der Waals surface area contributed by atoms with Gasteiger partial charge in [0.2, 0.25) is 11.9 Å². The summed E-state index contributed by atoms with van der Waals surface area (Å²) in [7, 11) is 0. The lowest BCUT2D eigenvalue weighted by Crippen LogP contribution is -2.17. The number of ether oxygens (including phenoxy) is 1. The van der Waals surface area contributed by atoms with E-state index < -0.39 is 6.09 Å². The Hall–Kier alpha value is -4.60. The molecular formula is C20H15N7O3.